The van der Waals surface area contributed by atoms with Gasteiger partial charge in [0.2, 0.25) is 0 Å². The van der Waals surface area contributed by atoms with Crippen LogP contribution in [-0.4, -0.2) is 5.91 Å². The van der Waals surface area contributed by atoms with E-state index in [0.717, 1.165) is 16.0 Å². The monoisotopic (exact) mass is 318 g/mol. The summed E-state index contributed by atoms with van der Waals surface area (Å²) in [4.78, 5) is 13.6. The molecule has 1 N–H and O–H groups in total. The van der Waals surface area contributed by atoms with Crippen LogP contribution < -0.4 is 5.32 Å². The summed E-state index contributed by atoms with van der Waals surface area (Å²) in [5, 5.41) is 14.2. The molecule has 3 rings (SSSR count). The molecule has 0 radical (unpaired) electrons. The lowest BCUT2D eigenvalue weighted by Crippen LogP contribution is -2.23. The SMILES string of the molecule is N#Cc1ccccc1-c1ccccc1C(=O)NCc1cccs1. The van der Waals surface area contributed by atoms with Crippen molar-refractivity contribution in [1.82, 2.24) is 5.32 Å². The van der Waals surface area contributed by atoms with E-state index in [2.05, 4.69) is 11.4 Å². The summed E-state index contributed by atoms with van der Waals surface area (Å²) in [5.74, 6) is -0.137. The third-order valence-electron chi connectivity index (χ3n) is 3.51. The van der Waals surface area contributed by atoms with Crippen LogP contribution in [0.4, 0.5) is 0 Å². The molecular weight excluding hydrogens is 304 g/mol. The average molecular weight is 318 g/mol. The van der Waals surface area contributed by atoms with Crippen molar-refractivity contribution in [3.8, 4) is 17.2 Å². The normalized spacial score (nSPS) is 10.0. The molecule has 4 heteroatoms. The molecule has 3 aromatic rings. The summed E-state index contributed by atoms with van der Waals surface area (Å²) in [6.07, 6.45) is 0. The number of carbonyl (C=O) groups is 1. The second-order valence-corrected chi connectivity index (χ2v) is 6.00. The molecule has 3 nitrogen and oxygen atoms in total. The molecule has 0 unspecified atom stereocenters. The fraction of sp³-hybridized carbons (Fsp3) is 0.0526. The second kappa shape index (κ2) is 6.91. The van der Waals surface area contributed by atoms with Gasteiger partial charge in [-0.2, -0.15) is 5.26 Å². The van der Waals surface area contributed by atoms with Crippen molar-refractivity contribution in [2.45, 2.75) is 6.54 Å². The van der Waals surface area contributed by atoms with Gasteiger partial charge in [0.1, 0.15) is 0 Å². The third-order valence-corrected chi connectivity index (χ3v) is 4.39. The summed E-state index contributed by atoms with van der Waals surface area (Å²) in [7, 11) is 0. The molecule has 1 amide bonds. The third kappa shape index (κ3) is 3.31. The Morgan fingerprint density at radius 1 is 1.00 bits per heavy atom. The number of benzene rings is 2. The summed E-state index contributed by atoms with van der Waals surface area (Å²) < 4.78 is 0. The lowest BCUT2D eigenvalue weighted by atomic mass is 9.95. The Balaban J connectivity index is 1.92. The average Bonchev–Trinajstić information content (AvgIpc) is 3.13. The molecule has 0 bridgehead atoms. The molecule has 0 spiro atoms. The Hall–Kier alpha value is -2.90. The van der Waals surface area contributed by atoms with Gasteiger partial charge in [-0.05, 0) is 29.1 Å². The molecule has 23 heavy (non-hydrogen) atoms. The number of rotatable bonds is 4. The van der Waals surface area contributed by atoms with Gasteiger partial charge < -0.3 is 5.32 Å². The van der Waals surface area contributed by atoms with Crippen LogP contribution in [0.5, 0.6) is 0 Å². The number of nitrogens with zero attached hydrogens (tertiary/aromatic N) is 1. The van der Waals surface area contributed by atoms with Crippen LogP contribution in [0, 0.1) is 11.3 Å². The van der Waals surface area contributed by atoms with Crippen molar-refractivity contribution in [3.05, 3.63) is 82.0 Å². The maximum Gasteiger partial charge on any atom is 0.252 e. The van der Waals surface area contributed by atoms with Crippen molar-refractivity contribution in [3.63, 3.8) is 0 Å². The minimum atomic E-state index is -0.137. The molecule has 1 heterocycles. The van der Waals surface area contributed by atoms with Crippen LogP contribution in [0.2, 0.25) is 0 Å². The number of hydrogen-bond donors (Lipinski definition) is 1. The van der Waals surface area contributed by atoms with E-state index < -0.39 is 0 Å². The zero-order valence-electron chi connectivity index (χ0n) is 12.3. The summed E-state index contributed by atoms with van der Waals surface area (Å²) in [6.45, 7) is 0.505. The van der Waals surface area contributed by atoms with Crippen molar-refractivity contribution >= 4 is 17.2 Å². The molecule has 0 aliphatic rings. The quantitative estimate of drug-likeness (QED) is 0.783. The molecule has 0 atom stereocenters. The smallest absolute Gasteiger partial charge is 0.252 e. The predicted octanol–water partition coefficient (Wildman–Crippen LogP) is 4.22. The fourth-order valence-corrected chi connectivity index (χ4v) is 3.05. The van der Waals surface area contributed by atoms with E-state index in [1.165, 1.54) is 0 Å². The molecule has 2 aromatic carbocycles. The zero-order valence-corrected chi connectivity index (χ0v) is 13.1. The first-order chi connectivity index (χ1) is 11.3. The Labute approximate surface area is 138 Å². The maximum absolute atomic E-state index is 12.5. The first-order valence-corrected chi connectivity index (χ1v) is 8.06. The van der Waals surface area contributed by atoms with Gasteiger partial charge in [0.25, 0.3) is 5.91 Å². The number of nitriles is 1. The van der Waals surface area contributed by atoms with Gasteiger partial charge >= 0.3 is 0 Å². The standard InChI is InChI=1S/C19H14N2OS/c20-12-14-6-1-2-8-16(14)17-9-3-4-10-18(17)19(22)21-13-15-7-5-11-23-15/h1-11H,13H2,(H,21,22). The molecular formula is C19H14N2OS. The van der Waals surface area contributed by atoms with E-state index in [0.29, 0.717) is 17.7 Å². The van der Waals surface area contributed by atoms with E-state index in [1.807, 2.05) is 53.9 Å². The zero-order chi connectivity index (χ0) is 16.1. The molecule has 1 aromatic heterocycles. The Bertz CT molecular complexity index is 863. The van der Waals surface area contributed by atoms with Crippen molar-refractivity contribution < 1.29 is 4.79 Å². The topological polar surface area (TPSA) is 52.9 Å². The van der Waals surface area contributed by atoms with Crippen LogP contribution in [0.25, 0.3) is 11.1 Å². The van der Waals surface area contributed by atoms with Crippen LogP contribution in [-0.2, 0) is 6.54 Å². The van der Waals surface area contributed by atoms with Crippen LogP contribution in [0.1, 0.15) is 20.8 Å². The second-order valence-electron chi connectivity index (χ2n) is 4.97. The Kier molecular flexibility index (Phi) is 4.51. The van der Waals surface area contributed by atoms with Gasteiger partial charge in [0, 0.05) is 16.0 Å². The number of nitrogens with one attached hydrogen (secondary N) is 1. The van der Waals surface area contributed by atoms with E-state index >= 15 is 0 Å². The van der Waals surface area contributed by atoms with Gasteiger partial charge in [-0.3, -0.25) is 4.79 Å². The molecule has 0 saturated heterocycles. The van der Waals surface area contributed by atoms with E-state index in [9.17, 15) is 10.1 Å². The highest BCUT2D eigenvalue weighted by molar-refractivity contribution is 7.09. The minimum Gasteiger partial charge on any atom is -0.347 e. The maximum atomic E-state index is 12.5. The fourth-order valence-electron chi connectivity index (χ4n) is 2.41. The van der Waals surface area contributed by atoms with E-state index in [1.54, 1.807) is 23.5 Å². The molecule has 112 valence electrons. The number of thiophene rings is 1. The van der Waals surface area contributed by atoms with Crippen molar-refractivity contribution in [1.29, 1.82) is 5.26 Å². The van der Waals surface area contributed by atoms with Gasteiger partial charge in [-0.15, -0.1) is 11.3 Å². The molecule has 0 aliphatic heterocycles. The number of carbonyl (C=O) groups excluding carboxylic acids is 1. The first kappa shape index (κ1) is 15.0. The predicted molar refractivity (Wildman–Crippen MR) is 92.1 cm³/mol. The van der Waals surface area contributed by atoms with Crippen LogP contribution in [0.15, 0.2) is 66.0 Å². The van der Waals surface area contributed by atoms with Crippen molar-refractivity contribution in [2.75, 3.05) is 0 Å². The van der Waals surface area contributed by atoms with Crippen molar-refractivity contribution in [2.24, 2.45) is 0 Å². The van der Waals surface area contributed by atoms with Gasteiger partial charge in [0.05, 0.1) is 18.2 Å². The number of amides is 1. The van der Waals surface area contributed by atoms with Gasteiger partial charge in [0.15, 0.2) is 0 Å². The van der Waals surface area contributed by atoms with Gasteiger partial charge in [-0.1, -0.05) is 42.5 Å². The minimum absolute atomic E-state index is 0.137. The highest BCUT2D eigenvalue weighted by Crippen LogP contribution is 2.26. The van der Waals surface area contributed by atoms with Crippen LogP contribution in [0.3, 0.4) is 0 Å². The van der Waals surface area contributed by atoms with Gasteiger partial charge in [-0.25, -0.2) is 0 Å². The highest BCUT2D eigenvalue weighted by atomic mass is 32.1. The van der Waals surface area contributed by atoms with Crippen LogP contribution >= 0.6 is 11.3 Å². The Morgan fingerprint density at radius 2 is 1.74 bits per heavy atom. The lowest BCUT2D eigenvalue weighted by molar-refractivity contribution is 0.0952. The molecule has 0 fully saturated rings. The highest BCUT2D eigenvalue weighted by Gasteiger charge is 2.14. The van der Waals surface area contributed by atoms with E-state index in [4.69, 9.17) is 0 Å². The molecule has 0 saturated carbocycles. The summed E-state index contributed by atoms with van der Waals surface area (Å²) >= 11 is 1.61. The summed E-state index contributed by atoms with van der Waals surface area (Å²) in [5.41, 5.74) is 2.68. The number of hydrogen-bond acceptors (Lipinski definition) is 3. The Morgan fingerprint density at radius 3 is 2.48 bits per heavy atom. The largest absolute Gasteiger partial charge is 0.347 e. The van der Waals surface area contributed by atoms with E-state index in [-0.39, 0.29) is 5.91 Å². The molecule has 0 aliphatic carbocycles. The lowest BCUT2D eigenvalue weighted by Gasteiger charge is -2.11. The first-order valence-electron chi connectivity index (χ1n) is 7.18. The summed E-state index contributed by atoms with van der Waals surface area (Å²) in [6, 6.07) is 20.8.